The number of urea groups is 1. The minimum absolute atomic E-state index is 0.149. The number of carbonyl (C=O) groups excluding carboxylic acids is 1. The van der Waals surface area contributed by atoms with Gasteiger partial charge in [0.1, 0.15) is 5.82 Å². The summed E-state index contributed by atoms with van der Waals surface area (Å²) in [6.45, 7) is 6.97. The van der Waals surface area contributed by atoms with E-state index in [0.717, 1.165) is 47.5 Å². The van der Waals surface area contributed by atoms with Crippen LogP contribution >= 0.6 is 0 Å². The van der Waals surface area contributed by atoms with Gasteiger partial charge >= 0.3 is 6.03 Å². The summed E-state index contributed by atoms with van der Waals surface area (Å²) in [4.78, 5) is 21.8. The summed E-state index contributed by atoms with van der Waals surface area (Å²) in [5.74, 6) is 0.770. The smallest absolute Gasteiger partial charge is 0.327 e. The molecule has 0 unspecified atom stereocenters. The van der Waals surface area contributed by atoms with Gasteiger partial charge in [-0.05, 0) is 44.5 Å². The molecule has 2 aliphatic heterocycles. The van der Waals surface area contributed by atoms with Crippen LogP contribution in [0.15, 0.2) is 36.7 Å². The van der Waals surface area contributed by atoms with Crippen molar-refractivity contribution in [1.29, 1.82) is 0 Å². The van der Waals surface area contributed by atoms with E-state index < -0.39 is 0 Å². The number of nitrogens with one attached hydrogen (secondary N) is 2. The zero-order valence-corrected chi connectivity index (χ0v) is 17.6. The summed E-state index contributed by atoms with van der Waals surface area (Å²) >= 11 is 0. The number of aromatic nitrogens is 3. The van der Waals surface area contributed by atoms with Crippen molar-refractivity contribution >= 4 is 34.1 Å². The Labute approximate surface area is 175 Å². The van der Waals surface area contributed by atoms with Crippen LogP contribution in [0.4, 0.5) is 22.0 Å². The Hall–Kier alpha value is -3.13. The first-order valence-electron chi connectivity index (χ1n) is 10.5. The van der Waals surface area contributed by atoms with Crippen molar-refractivity contribution in [3.63, 3.8) is 0 Å². The molecule has 2 amide bonds. The van der Waals surface area contributed by atoms with Crippen LogP contribution in [0.5, 0.6) is 0 Å². The van der Waals surface area contributed by atoms with Crippen molar-refractivity contribution in [3.05, 3.63) is 42.2 Å². The number of amides is 2. The summed E-state index contributed by atoms with van der Waals surface area (Å²) in [7, 11) is 1.89. The second kappa shape index (κ2) is 7.28. The molecule has 0 saturated carbocycles. The van der Waals surface area contributed by atoms with Gasteiger partial charge in [-0.1, -0.05) is 0 Å². The highest BCUT2D eigenvalue weighted by molar-refractivity contribution is 6.03. The summed E-state index contributed by atoms with van der Waals surface area (Å²) in [6.07, 6.45) is 4.58. The van der Waals surface area contributed by atoms with E-state index in [0.29, 0.717) is 18.6 Å². The van der Waals surface area contributed by atoms with E-state index in [1.165, 1.54) is 5.69 Å². The highest BCUT2D eigenvalue weighted by atomic mass is 16.2. The van der Waals surface area contributed by atoms with Gasteiger partial charge in [0, 0.05) is 73.5 Å². The predicted molar refractivity (Wildman–Crippen MR) is 119 cm³/mol. The van der Waals surface area contributed by atoms with Crippen molar-refractivity contribution in [2.45, 2.75) is 32.4 Å². The minimum Gasteiger partial charge on any atom is -0.368 e. The lowest BCUT2D eigenvalue weighted by Crippen LogP contribution is -2.54. The van der Waals surface area contributed by atoms with Crippen LogP contribution in [0.1, 0.15) is 19.4 Å². The second-order valence-corrected chi connectivity index (χ2v) is 8.41. The standard InChI is InChI=1S/C22H27N7O/c1-14-11-28(12-15(2)24-14)20-6-8-23-21-18(20)7-9-29(21)22(30)25-17-4-5-19-16(10-17)13-27(3)26-19/h4-6,8,10,13-15,24H,7,9,11-12H2,1-3H3,(H,25,30)/t14-,15+. The Morgan fingerprint density at radius 2 is 2.00 bits per heavy atom. The van der Waals surface area contributed by atoms with Gasteiger partial charge in [-0.15, -0.1) is 0 Å². The first kappa shape index (κ1) is 18.9. The Morgan fingerprint density at radius 1 is 1.20 bits per heavy atom. The zero-order chi connectivity index (χ0) is 20.8. The fourth-order valence-electron chi connectivity index (χ4n) is 4.71. The highest BCUT2D eigenvalue weighted by Gasteiger charge is 2.31. The maximum absolute atomic E-state index is 13.0. The number of hydrogen-bond donors (Lipinski definition) is 2. The van der Waals surface area contributed by atoms with Crippen molar-refractivity contribution in [2.75, 3.05) is 34.8 Å². The monoisotopic (exact) mass is 405 g/mol. The van der Waals surface area contributed by atoms with E-state index in [9.17, 15) is 4.79 Å². The van der Waals surface area contributed by atoms with Crippen LogP contribution in [-0.2, 0) is 13.5 Å². The van der Waals surface area contributed by atoms with Crippen molar-refractivity contribution < 1.29 is 4.79 Å². The topological polar surface area (TPSA) is 78.3 Å². The molecule has 1 aromatic carbocycles. The quantitative estimate of drug-likeness (QED) is 0.686. The molecule has 1 saturated heterocycles. The number of fused-ring (bicyclic) bond motifs is 2. The first-order chi connectivity index (χ1) is 14.5. The molecule has 4 heterocycles. The fraction of sp³-hybridized carbons (Fsp3) is 0.409. The number of benzene rings is 1. The number of carbonyl (C=O) groups is 1. The molecule has 2 atom stereocenters. The van der Waals surface area contributed by atoms with E-state index in [-0.39, 0.29) is 6.03 Å². The molecule has 0 radical (unpaired) electrons. The van der Waals surface area contributed by atoms with Crippen molar-refractivity contribution in [1.82, 2.24) is 20.1 Å². The molecule has 2 aromatic heterocycles. The number of nitrogens with zero attached hydrogens (tertiary/aromatic N) is 5. The average Bonchev–Trinajstić information content (AvgIpc) is 3.29. The molecule has 5 rings (SSSR count). The Bertz CT molecular complexity index is 1100. The van der Waals surface area contributed by atoms with E-state index in [2.05, 4.69) is 45.5 Å². The molecule has 156 valence electrons. The van der Waals surface area contributed by atoms with Gasteiger partial charge < -0.3 is 15.5 Å². The third-order valence-corrected chi connectivity index (χ3v) is 5.86. The number of pyridine rings is 1. The van der Waals surface area contributed by atoms with E-state index in [4.69, 9.17) is 0 Å². The molecule has 3 aromatic rings. The van der Waals surface area contributed by atoms with Crippen LogP contribution in [0.3, 0.4) is 0 Å². The van der Waals surface area contributed by atoms with Crippen LogP contribution in [-0.4, -0.2) is 52.5 Å². The molecule has 0 spiro atoms. The summed E-state index contributed by atoms with van der Waals surface area (Å²) in [5, 5.41) is 12.0. The van der Waals surface area contributed by atoms with Crippen LogP contribution in [0.2, 0.25) is 0 Å². The van der Waals surface area contributed by atoms with E-state index in [1.54, 1.807) is 9.58 Å². The number of piperazine rings is 1. The second-order valence-electron chi connectivity index (χ2n) is 8.41. The average molecular weight is 406 g/mol. The lowest BCUT2D eigenvalue weighted by Gasteiger charge is -2.38. The number of aryl methyl sites for hydroxylation is 1. The third-order valence-electron chi connectivity index (χ3n) is 5.86. The van der Waals surface area contributed by atoms with Gasteiger partial charge in [0.25, 0.3) is 0 Å². The van der Waals surface area contributed by atoms with Gasteiger partial charge in [0.2, 0.25) is 0 Å². The molecule has 1 fully saturated rings. The molecule has 2 aliphatic rings. The molecule has 8 nitrogen and oxygen atoms in total. The van der Waals surface area contributed by atoms with Gasteiger partial charge in [-0.3, -0.25) is 9.58 Å². The molecule has 30 heavy (non-hydrogen) atoms. The fourth-order valence-corrected chi connectivity index (χ4v) is 4.71. The predicted octanol–water partition coefficient (Wildman–Crippen LogP) is 2.75. The molecule has 2 N–H and O–H groups in total. The minimum atomic E-state index is -0.149. The molecule has 0 bridgehead atoms. The maximum Gasteiger partial charge on any atom is 0.327 e. The Kier molecular flexibility index (Phi) is 4.58. The van der Waals surface area contributed by atoms with Gasteiger partial charge in [0.05, 0.1) is 5.52 Å². The number of hydrogen-bond acceptors (Lipinski definition) is 5. The first-order valence-corrected chi connectivity index (χ1v) is 10.5. The summed E-state index contributed by atoms with van der Waals surface area (Å²) < 4.78 is 1.77. The maximum atomic E-state index is 13.0. The normalized spacial score (nSPS) is 21.2. The highest BCUT2D eigenvalue weighted by Crippen LogP contribution is 2.35. The lowest BCUT2D eigenvalue weighted by molar-refractivity contribution is 0.257. The van der Waals surface area contributed by atoms with Crippen LogP contribution < -0.4 is 20.4 Å². The summed E-state index contributed by atoms with van der Waals surface area (Å²) in [6, 6.07) is 8.56. The Balaban J connectivity index is 1.38. The SMILES string of the molecule is C[C@@H]1CN(c2ccnc3c2CCN3C(=O)Nc2ccc3nn(C)cc3c2)C[C@H](C)N1. The molecular weight excluding hydrogens is 378 g/mol. The van der Waals surface area contributed by atoms with Gasteiger partial charge in [-0.2, -0.15) is 5.10 Å². The van der Waals surface area contributed by atoms with E-state index in [1.807, 2.05) is 37.6 Å². The zero-order valence-electron chi connectivity index (χ0n) is 17.6. The lowest BCUT2D eigenvalue weighted by atomic mass is 10.1. The van der Waals surface area contributed by atoms with Crippen LogP contribution in [0, 0.1) is 0 Å². The number of anilines is 3. The van der Waals surface area contributed by atoms with Crippen molar-refractivity contribution in [2.24, 2.45) is 7.05 Å². The van der Waals surface area contributed by atoms with Gasteiger partial charge in [-0.25, -0.2) is 9.78 Å². The van der Waals surface area contributed by atoms with Crippen molar-refractivity contribution in [3.8, 4) is 0 Å². The van der Waals surface area contributed by atoms with Crippen LogP contribution in [0.25, 0.3) is 10.9 Å². The third kappa shape index (κ3) is 3.37. The number of rotatable bonds is 2. The molecular formula is C22H27N7O. The largest absolute Gasteiger partial charge is 0.368 e. The molecule has 8 heteroatoms. The van der Waals surface area contributed by atoms with Gasteiger partial charge in [0.15, 0.2) is 0 Å². The molecule has 0 aliphatic carbocycles. The Morgan fingerprint density at radius 3 is 2.80 bits per heavy atom. The summed E-state index contributed by atoms with van der Waals surface area (Å²) in [5.41, 5.74) is 4.03. The van der Waals surface area contributed by atoms with E-state index >= 15 is 0 Å².